The van der Waals surface area contributed by atoms with Crippen molar-refractivity contribution in [2.24, 2.45) is 0 Å². The summed E-state index contributed by atoms with van der Waals surface area (Å²) in [6.07, 6.45) is 6.51. The van der Waals surface area contributed by atoms with Crippen molar-refractivity contribution >= 4 is 22.9 Å². The summed E-state index contributed by atoms with van der Waals surface area (Å²) in [6, 6.07) is 10.1. The molecule has 0 spiro atoms. The third kappa shape index (κ3) is 3.68. The van der Waals surface area contributed by atoms with Gasteiger partial charge in [0.1, 0.15) is 0 Å². The Balaban J connectivity index is 1.76. The van der Waals surface area contributed by atoms with Crippen LogP contribution in [0.4, 0.5) is 0 Å². The van der Waals surface area contributed by atoms with Gasteiger partial charge in [0, 0.05) is 23.7 Å². The van der Waals surface area contributed by atoms with Gasteiger partial charge in [0.25, 0.3) is 0 Å². The molecule has 0 aromatic carbocycles. The van der Waals surface area contributed by atoms with E-state index in [1.54, 1.807) is 6.20 Å². The van der Waals surface area contributed by atoms with Gasteiger partial charge >= 0.3 is 0 Å². The van der Waals surface area contributed by atoms with Crippen LogP contribution in [0, 0.1) is 0 Å². The fourth-order valence-electron chi connectivity index (χ4n) is 3.00. The van der Waals surface area contributed by atoms with E-state index in [-0.39, 0.29) is 6.29 Å². The molecule has 2 aromatic heterocycles. The number of nitrogens with zero attached hydrogens (tertiary/aromatic N) is 2. The topological polar surface area (TPSA) is 44.2 Å². The first-order valence-corrected chi connectivity index (χ1v) is 9.45. The Hall–Kier alpha value is -1.95. The lowest BCUT2D eigenvalue weighted by atomic mass is 9.98. The van der Waals surface area contributed by atoms with Crippen LogP contribution in [-0.4, -0.2) is 28.9 Å². The maximum atomic E-state index is 5.71. The van der Waals surface area contributed by atoms with Crippen LogP contribution in [0.5, 0.6) is 0 Å². The molecule has 0 N–H and O–H groups in total. The van der Waals surface area contributed by atoms with Crippen molar-refractivity contribution in [2.75, 3.05) is 19.0 Å². The number of rotatable bonds is 3. The number of thioether (sulfide) groups is 1. The summed E-state index contributed by atoms with van der Waals surface area (Å²) >= 11 is 1.84. The molecule has 2 aromatic rings. The lowest BCUT2D eigenvalue weighted by Crippen LogP contribution is -2.19. The second-order valence-corrected chi connectivity index (χ2v) is 7.27. The summed E-state index contributed by atoms with van der Waals surface area (Å²) < 4.78 is 11.4. The molecule has 0 bridgehead atoms. The van der Waals surface area contributed by atoms with Gasteiger partial charge in [0.15, 0.2) is 0 Å². The van der Waals surface area contributed by atoms with E-state index in [0.717, 1.165) is 42.3 Å². The molecule has 4 rings (SSSR count). The molecule has 1 fully saturated rings. The minimum Gasteiger partial charge on any atom is -0.347 e. The van der Waals surface area contributed by atoms with Crippen molar-refractivity contribution in [1.82, 2.24) is 9.97 Å². The highest BCUT2D eigenvalue weighted by molar-refractivity contribution is 8.03. The Morgan fingerprint density at radius 1 is 1.12 bits per heavy atom. The fraction of sp³-hybridized carbons (Fsp3) is 0.300. The molecular weight excluding hydrogens is 332 g/mol. The van der Waals surface area contributed by atoms with E-state index in [1.165, 1.54) is 16.1 Å². The van der Waals surface area contributed by atoms with Crippen LogP contribution in [-0.2, 0) is 9.47 Å². The second-order valence-electron chi connectivity index (χ2n) is 6.05. The number of aromatic nitrogens is 2. The highest BCUT2D eigenvalue weighted by Gasteiger charge is 2.21. The average molecular weight is 352 g/mol. The molecule has 4 nitrogen and oxygen atoms in total. The van der Waals surface area contributed by atoms with E-state index in [9.17, 15) is 0 Å². The molecule has 0 saturated carbocycles. The molecule has 2 aliphatic rings. The largest absolute Gasteiger partial charge is 0.347 e. The maximum Gasteiger partial charge on any atom is 0.201 e. The summed E-state index contributed by atoms with van der Waals surface area (Å²) in [7, 11) is 0. The molecular formula is C20H20N2O2S. The van der Waals surface area contributed by atoms with E-state index in [2.05, 4.69) is 30.1 Å². The Morgan fingerprint density at radius 2 is 2.00 bits per heavy atom. The standard InChI is InChI=1S/C20H20N2O2S/c1-14-11-16(15-5-3-8-21-12-15)17(13-25-14)18-6-2-7-19(22-18)20-23-9-4-10-24-20/h2-3,5-8,11-12,20H,4,9-10,13H2,1H3. The van der Waals surface area contributed by atoms with Crippen LogP contribution in [0.2, 0.25) is 0 Å². The van der Waals surface area contributed by atoms with Crippen LogP contribution in [0.15, 0.2) is 53.7 Å². The third-order valence-electron chi connectivity index (χ3n) is 4.24. The molecule has 0 atom stereocenters. The first-order chi connectivity index (χ1) is 12.3. The van der Waals surface area contributed by atoms with Crippen molar-refractivity contribution < 1.29 is 9.47 Å². The Labute approximate surface area is 152 Å². The van der Waals surface area contributed by atoms with Gasteiger partial charge in [-0.3, -0.25) is 4.98 Å². The zero-order chi connectivity index (χ0) is 17.1. The Morgan fingerprint density at radius 3 is 2.80 bits per heavy atom. The molecule has 2 aliphatic heterocycles. The monoisotopic (exact) mass is 352 g/mol. The second kappa shape index (κ2) is 7.52. The predicted molar refractivity (Wildman–Crippen MR) is 101 cm³/mol. The van der Waals surface area contributed by atoms with Gasteiger partial charge in [0.05, 0.1) is 24.6 Å². The predicted octanol–water partition coefficient (Wildman–Crippen LogP) is 4.47. The van der Waals surface area contributed by atoms with Gasteiger partial charge in [-0.15, -0.1) is 11.8 Å². The molecule has 0 aliphatic carbocycles. The molecule has 5 heteroatoms. The maximum absolute atomic E-state index is 5.71. The van der Waals surface area contributed by atoms with E-state index in [4.69, 9.17) is 14.5 Å². The van der Waals surface area contributed by atoms with E-state index < -0.39 is 0 Å². The highest BCUT2D eigenvalue weighted by atomic mass is 32.2. The van der Waals surface area contributed by atoms with Crippen LogP contribution in [0.25, 0.3) is 11.1 Å². The minimum atomic E-state index is -0.357. The number of hydrogen-bond donors (Lipinski definition) is 0. The summed E-state index contributed by atoms with van der Waals surface area (Å²) in [5.74, 6) is 0.898. The van der Waals surface area contributed by atoms with Crippen LogP contribution >= 0.6 is 11.8 Å². The lowest BCUT2D eigenvalue weighted by molar-refractivity contribution is -0.185. The zero-order valence-corrected chi connectivity index (χ0v) is 15.0. The normalized spacial score (nSPS) is 19.0. The Kier molecular flexibility index (Phi) is 4.97. The lowest BCUT2D eigenvalue weighted by Gasteiger charge is -2.24. The molecule has 0 radical (unpaired) electrons. The smallest absolute Gasteiger partial charge is 0.201 e. The molecule has 0 unspecified atom stereocenters. The summed E-state index contributed by atoms with van der Waals surface area (Å²) in [4.78, 5) is 10.4. The molecule has 1 saturated heterocycles. The first-order valence-electron chi connectivity index (χ1n) is 8.46. The highest BCUT2D eigenvalue weighted by Crippen LogP contribution is 2.37. The summed E-state index contributed by atoms with van der Waals surface area (Å²) in [6.45, 7) is 3.58. The van der Waals surface area contributed by atoms with Crippen molar-refractivity contribution in [2.45, 2.75) is 19.6 Å². The van der Waals surface area contributed by atoms with Gasteiger partial charge in [-0.1, -0.05) is 12.1 Å². The molecule has 0 amide bonds. The zero-order valence-electron chi connectivity index (χ0n) is 14.1. The van der Waals surface area contributed by atoms with Gasteiger partial charge in [-0.25, -0.2) is 4.98 Å². The van der Waals surface area contributed by atoms with Gasteiger partial charge in [0.2, 0.25) is 6.29 Å². The van der Waals surface area contributed by atoms with E-state index >= 15 is 0 Å². The summed E-state index contributed by atoms with van der Waals surface area (Å²) in [5, 5.41) is 0. The van der Waals surface area contributed by atoms with Crippen molar-refractivity contribution in [3.05, 3.63) is 70.7 Å². The van der Waals surface area contributed by atoms with Crippen molar-refractivity contribution in [1.29, 1.82) is 0 Å². The van der Waals surface area contributed by atoms with Crippen LogP contribution < -0.4 is 0 Å². The fourth-order valence-corrected chi connectivity index (χ4v) is 3.87. The SMILES string of the molecule is CC1=CC(c2cccnc2)=C(c2cccc(C3OCCCO3)n2)CS1. The minimum absolute atomic E-state index is 0.357. The quantitative estimate of drug-likeness (QED) is 0.815. The molecule has 128 valence electrons. The van der Waals surface area contributed by atoms with Crippen molar-refractivity contribution in [3.63, 3.8) is 0 Å². The number of hydrogen-bond acceptors (Lipinski definition) is 5. The molecule has 25 heavy (non-hydrogen) atoms. The third-order valence-corrected chi connectivity index (χ3v) is 5.24. The summed E-state index contributed by atoms with van der Waals surface area (Å²) in [5.41, 5.74) is 5.35. The Bertz CT molecular complexity index is 811. The van der Waals surface area contributed by atoms with Gasteiger partial charge < -0.3 is 9.47 Å². The van der Waals surface area contributed by atoms with Crippen LogP contribution in [0.3, 0.4) is 0 Å². The number of pyridine rings is 2. The van der Waals surface area contributed by atoms with Gasteiger partial charge in [-0.05, 0) is 53.7 Å². The number of allylic oxidation sites excluding steroid dienone is 3. The number of ether oxygens (including phenoxy) is 2. The van der Waals surface area contributed by atoms with E-state index in [0.29, 0.717) is 0 Å². The molecule has 4 heterocycles. The van der Waals surface area contributed by atoms with E-state index in [1.807, 2.05) is 36.2 Å². The average Bonchev–Trinajstić information content (AvgIpc) is 2.69. The van der Waals surface area contributed by atoms with Crippen molar-refractivity contribution in [3.8, 4) is 0 Å². The van der Waals surface area contributed by atoms with Crippen LogP contribution in [0.1, 0.15) is 36.6 Å². The van der Waals surface area contributed by atoms with Gasteiger partial charge in [-0.2, -0.15) is 0 Å². The first kappa shape index (κ1) is 16.5.